The molecule has 1 atom stereocenters. The molecule has 0 bridgehead atoms. The van der Waals surface area contributed by atoms with Crippen molar-refractivity contribution in [3.8, 4) is 0 Å². The topological polar surface area (TPSA) is 63.6 Å². The van der Waals surface area contributed by atoms with E-state index in [0.29, 0.717) is 6.42 Å². The Labute approximate surface area is 223 Å². The second-order valence-corrected chi connectivity index (χ2v) is 10.4. The Balaban J connectivity index is 3.36. The summed E-state index contributed by atoms with van der Waals surface area (Å²) in [6, 6.07) is 0. The Bertz CT molecular complexity index is 540. The van der Waals surface area contributed by atoms with Crippen LogP contribution in [0.15, 0.2) is 24.8 Å². The van der Waals surface area contributed by atoms with Crippen LogP contribution < -0.4 is 0 Å². The molecule has 0 aliphatic carbocycles. The molecule has 0 aromatic heterocycles. The number of ether oxygens (including phenoxy) is 1. The van der Waals surface area contributed by atoms with Gasteiger partial charge in [-0.05, 0) is 32.1 Å². The van der Waals surface area contributed by atoms with E-state index in [1.165, 1.54) is 122 Å². The van der Waals surface area contributed by atoms with Crippen LogP contribution in [0.4, 0.5) is 0 Å². The highest BCUT2D eigenvalue weighted by Gasteiger charge is 2.21. The Morgan fingerprint density at radius 3 is 1.53 bits per heavy atom. The minimum absolute atomic E-state index is 0.0425. The fourth-order valence-corrected chi connectivity index (χ4v) is 4.60. The molecule has 0 aromatic carbocycles. The molecule has 1 N–H and O–H groups in total. The summed E-state index contributed by atoms with van der Waals surface area (Å²) in [5.74, 6) is -1.98. The van der Waals surface area contributed by atoms with E-state index < -0.39 is 17.9 Å². The third kappa shape index (κ3) is 25.5. The summed E-state index contributed by atoms with van der Waals surface area (Å²) in [6.45, 7) is 5.91. The maximum Gasteiger partial charge on any atom is 0.307 e. The first kappa shape index (κ1) is 34.4. The number of hydrogen-bond donors (Lipinski definition) is 1. The van der Waals surface area contributed by atoms with Gasteiger partial charge in [0.15, 0.2) is 0 Å². The average Bonchev–Trinajstić information content (AvgIpc) is 2.87. The zero-order chi connectivity index (χ0) is 26.5. The largest absolute Gasteiger partial charge is 0.481 e. The van der Waals surface area contributed by atoms with Crippen molar-refractivity contribution >= 4 is 11.9 Å². The van der Waals surface area contributed by atoms with Gasteiger partial charge in [0.25, 0.3) is 0 Å². The van der Waals surface area contributed by atoms with Crippen LogP contribution >= 0.6 is 0 Å². The summed E-state index contributed by atoms with van der Waals surface area (Å²) in [7, 11) is 0. The van der Waals surface area contributed by atoms with Crippen molar-refractivity contribution in [3.05, 3.63) is 24.8 Å². The van der Waals surface area contributed by atoms with Crippen LogP contribution in [0.2, 0.25) is 0 Å². The Morgan fingerprint density at radius 2 is 1.11 bits per heavy atom. The van der Waals surface area contributed by atoms with Crippen molar-refractivity contribution in [2.45, 2.75) is 155 Å². The van der Waals surface area contributed by atoms with Crippen molar-refractivity contribution in [1.82, 2.24) is 0 Å². The van der Waals surface area contributed by atoms with E-state index >= 15 is 0 Å². The van der Waals surface area contributed by atoms with Crippen LogP contribution in [0.5, 0.6) is 0 Å². The fraction of sp³-hybridized carbons (Fsp3) is 0.812. The molecule has 0 saturated carbocycles. The SMILES string of the molecule is C=CCOC(=O)CC(CCCCCCCCCCCCCC/C=C/CCCCCCCCC)C(=O)O. The van der Waals surface area contributed by atoms with E-state index in [9.17, 15) is 14.7 Å². The quantitative estimate of drug-likeness (QED) is 0.0651. The van der Waals surface area contributed by atoms with Crippen molar-refractivity contribution in [1.29, 1.82) is 0 Å². The Morgan fingerprint density at radius 1 is 0.694 bits per heavy atom. The second kappa shape index (κ2) is 28.0. The van der Waals surface area contributed by atoms with E-state index in [2.05, 4.69) is 25.7 Å². The molecular formula is C32H58O4. The van der Waals surface area contributed by atoms with Gasteiger partial charge in [0, 0.05) is 0 Å². The van der Waals surface area contributed by atoms with Crippen LogP contribution in [0.25, 0.3) is 0 Å². The number of carboxylic acid groups (broad SMARTS) is 1. The highest BCUT2D eigenvalue weighted by Crippen LogP contribution is 2.17. The molecule has 0 aromatic rings. The molecule has 0 aliphatic rings. The van der Waals surface area contributed by atoms with Gasteiger partial charge in [-0.25, -0.2) is 0 Å². The van der Waals surface area contributed by atoms with Crippen molar-refractivity contribution in [2.75, 3.05) is 6.61 Å². The summed E-state index contributed by atoms with van der Waals surface area (Å²) < 4.78 is 4.90. The standard InChI is InChI=1S/C32H58O4/c1-3-5-6-7-8-9-10-11-12-13-14-15-16-17-18-19-20-21-22-23-24-25-26-27-30(32(34)35)29-31(33)36-28-4-2/h4,12-13,30H,2-3,5-11,14-29H2,1H3,(H,34,35)/b13-12+. The monoisotopic (exact) mass is 506 g/mol. The van der Waals surface area contributed by atoms with Crippen molar-refractivity contribution in [3.63, 3.8) is 0 Å². The lowest BCUT2D eigenvalue weighted by atomic mass is 9.97. The molecule has 0 heterocycles. The maximum absolute atomic E-state index is 11.6. The van der Waals surface area contributed by atoms with Crippen LogP contribution in [-0.4, -0.2) is 23.7 Å². The minimum Gasteiger partial charge on any atom is -0.481 e. The van der Waals surface area contributed by atoms with Gasteiger partial charge in [-0.1, -0.05) is 141 Å². The first-order chi connectivity index (χ1) is 17.6. The summed E-state index contributed by atoms with van der Waals surface area (Å²) in [6.07, 6.45) is 34.1. The van der Waals surface area contributed by atoms with Crippen LogP contribution in [-0.2, 0) is 14.3 Å². The van der Waals surface area contributed by atoms with Crippen molar-refractivity contribution < 1.29 is 19.4 Å². The Hall–Kier alpha value is -1.58. The number of carbonyl (C=O) groups is 2. The summed E-state index contributed by atoms with van der Waals surface area (Å²) in [5, 5.41) is 9.29. The average molecular weight is 507 g/mol. The summed E-state index contributed by atoms with van der Waals surface area (Å²) in [4.78, 5) is 22.9. The number of rotatable bonds is 28. The second-order valence-electron chi connectivity index (χ2n) is 10.4. The predicted octanol–water partition coefficient (Wildman–Crippen LogP) is 9.96. The minimum atomic E-state index is -0.902. The van der Waals surface area contributed by atoms with Crippen LogP contribution in [0.3, 0.4) is 0 Å². The van der Waals surface area contributed by atoms with Gasteiger partial charge < -0.3 is 9.84 Å². The highest BCUT2D eigenvalue weighted by atomic mass is 16.5. The zero-order valence-electron chi connectivity index (χ0n) is 23.7. The highest BCUT2D eigenvalue weighted by molar-refractivity contribution is 5.78. The molecule has 0 rings (SSSR count). The molecule has 0 radical (unpaired) electrons. The van der Waals surface area contributed by atoms with E-state index in [4.69, 9.17) is 4.74 Å². The normalized spacial score (nSPS) is 12.1. The third-order valence-electron chi connectivity index (χ3n) is 6.94. The number of aliphatic carboxylic acids is 1. The van der Waals surface area contributed by atoms with Gasteiger partial charge in [0.05, 0.1) is 12.3 Å². The van der Waals surface area contributed by atoms with Crippen LogP contribution in [0.1, 0.15) is 155 Å². The lowest BCUT2D eigenvalue weighted by Crippen LogP contribution is -2.19. The molecule has 0 aliphatic heterocycles. The molecule has 36 heavy (non-hydrogen) atoms. The smallest absolute Gasteiger partial charge is 0.307 e. The summed E-state index contributed by atoms with van der Waals surface area (Å²) in [5.41, 5.74) is 0. The maximum atomic E-state index is 11.6. The first-order valence-corrected chi connectivity index (χ1v) is 15.3. The lowest BCUT2D eigenvalue weighted by Gasteiger charge is -2.11. The van der Waals surface area contributed by atoms with Gasteiger partial charge in [-0.3, -0.25) is 9.59 Å². The number of carbonyl (C=O) groups excluding carboxylic acids is 1. The molecule has 1 unspecified atom stereocenters. The number of hydrogen-bond acceptors (Lipinski definition) is 3. The zero-order valence-corrected chi connectivity index (χ0v) is 23.7. The van der Waals surface area contributed by atoms with Gasteiger partial charge in [0.1, 0.15) is 6.61 Å². The molecular weight excluding hydrogens is 448 g/mol. The van der Waals surface area contributed by atoms with E-state index in [-0.39, 0.29) is 13.0 Å². The van der Waals surface area contributed by atoms with E-state index in [1.807, 2.05) is 0 Å². The number of carboxylic acids is 1. The lowest BCUT2D eigenvalue weighted by molar-refractivity contribution is -0.151. The molecule has 0 saturated heterocycles. The molecule has 4 heteroatoms. The molecule has 0 amide bonds. The molecule has 4 nitrogen and oxygen atoms in total. The van der Waals surface area contributed by atoms with Crippen LogP contribution in [0, 0.1) is 5.92 Å². The van der Waals surface area contributed by atoms with E-state index in [1.54, 1.807) is 0 Å². The van der Waals surface area contributed by atoms with E-state index in [0.717, 1.165) is 19.3 Å². The Kier molecular flexibility index (Phi) is 26.8. The molecule has 210 valence electrons. The van der Waals surface area contributed by atoms with Gasteiger partial charge in [0.2, 0.25) is 0 Å². The van der Waals surface area contributed by atoms with Gasteiger partial charge >= 0.3 is 11.9 Å². The number of unbranched alkanes of at least 4 members (excludes halogenated alkanes) is 19. The summed E-state index contributed by atoms with van der Waals surface area (Å²) >= 11 is 0. The predicted molar refractivity (Wildman–Crippen MR) is 153 cm³/mol. The number of allylic oxidation sites excluding steroid dienone is 2. The first-order valence-electron chi connectivity index (χ1n) is 15.3. The molecule has 0 spiro atoms. The van der Waals surface area contributed by atoms with Gasteiger partial charge in [-0.15, -0.1) is 0 Å². The van der Waals surface area contributed by atoms with Crippen molar-refractivity contribution in [2.24, 2.45) is 5.92 Å². The van der Waals surface area contributed by atoms with Gasteiger partial charge in [-0.2, -0.15) is 0 Å². The third-order valence-corrected chi connectivity index (χ3v) is 6.94. The number of esters is 1. The molecule has 0 fully saturated rings. The fourth-order valence-electron chi connectivity index (χ4n) is 4.60.